The smallest absolute Gasteiger partial charge is 0.222 e. The van der Waals surface area contributed by atoms with E-state index in [-0.39, 0.29) is 5.41 Å². The van der Waals surface area contributed by atoms with Crippen LogP contribution < -0.4 is 0 Å². The molecule has 1 atom stereocenters. The molecule has 1 aromatic heterocycles. The number of ether oxygens (including phenoxy) is 1. The van der Waals surface area contributed by atoms with E-state index in [1.807, 2.05) is 12.4 Å². The van der Waals surface area contributed by atoms with Gasteiger partial charge in [-0.2, -0.15) is 0 Å². The van der Waals surface area contributed by atoms with E-state index in [2.05, 4.69) is 19.8 Å². The molecule has 3 heterocycles. The largest absolute Gasteiger partial charge is 0.377 e. The summed E-state index contributed by atoms with van der Waals surface area (Å²) in [5.74, 6) is 1.78. The highest BCUT2D eigenvalue weighted by Crippen LogP contribution is 2.40. The number of nitrogens with zero attached hydrogens (tertiary/aromatic N) is 4. The first-order chi connectivity index (χ1) is 14.2. The molecule has 3 aliphatic rings. The second kappa shape index (κ2) is 9.52. The molecule has 1 aromatic rings. The van der Waals surface area contributed by atoms with Gasteiger partial charge in [-0.1, -0.05) is 19.3 Å². The summed E-state index contributed by atoms with van der Waals surface area (Å²) < 4.78 is 5.09. The van der Waals surface area contributed by atoms with Crippen molar-refractivity contribution in [1.29, 1.82) is 0 Å². The Morgan fingerprint density at radius 2 is 1.90 bits per heavy atom. The van der Waals surface area contributed by atoms with Crippen molar-refractivity contribution >= 4 is 5.91 Å². The van der Waals surface area contributed by atoms with Gasteiger partial charge in [0.2, 0.25) is 5.91 Å². The van der Waals surface area contributed by atoms with Crippen LogP contribution >= 0.6 is 0 Å². The quantitative estimate of drug-likeness (QED) is 0.732. The van der Waals surface area contributed by atoms with Gasteiger partial charge in [-0.25, -0.2) is 9.97 Å². The van der Waals surface area contributed by atoms with Crippen LogP contribution in [-0.2, 0) is 22.7 Å². The predicted molar refractivity (Wildman–Crippen MR) is 112 cm³/mol. The van der Waals surface area contributed by atoms with E-state index in [0.29, 0.717) is 18.4 Å². The summed E-state index contributed by atoms with van der Waals surface area (Å²) in [5.41, 5.74) is 1.44. The number of carbonyl (C=O) groups is 1. The molecule has 2 aliphatic heterocycles. The first-order valence-electron chi connectivity index (χ1n) is 11.4. The lowest BCUT2D eigenvalue weighted by Crippen LogP contribution is -2.47. The molecular weight excluding hydrogens is 364 g/mol. The van der Waals surface area contributed by atoms with E-state index in [0.717, 1.165) is 57.0 Å². The van der Waals surface area contributed by atoms with Crippen LogP contribution in [-0.4, -0.2) is 59.0 Å². The summed E-state index contributed by atoms with van der Waals surface area (Å²) in [6.45, 7) is 5.45. The average Bonchev–Trinajstić information content (AvgIpc) is 3.12. The van der Waals surface area contributed by atoms with Crippen LogP contribution in [0.25, 0.3) is 0 Å². The molecule has 29 heavy (non-hydrogen) atoms. The first-order valence-corrected chi connectivity index (χ1v) is 11.4. The number of aromatic nitrogens is 2. The Hall–Kier alpha value is -1.53. The molecule has 1 spiro atoms. The number of rotatable bonds is 6. The first kappa shape index (κ1) is 20.7. The van der Waals surface area contributed by atoms with Crippen LogP contribution in [0.3, 0.4) is 0 Å². The molecule has 1 amide bonds. The van der Waals surface area contributed by atoms with E-state index in [1.165, 1.54) is 44.9 Å². The van der Waals surface area contributed by atoms with Crippen molar-refractivity contribution in [3.63, 3.8) is 0 Å². The number of likely N-dealkylation sites (tertiary alicyclic amines) is 2. The van der Waals surface area contributed by atoms with Gasteiger partial charge in [0.1, 0.15) is 6.61 Å². The third kappa shape index (κ3) is 5.34. The van der Waals surface area contributed by atoms with Crippen molar-refractivity contribution in [1.82, 2.24) is 19.8 Å². The van der Waals surface area contributed by atoms with E-state index in [4.69, 9.17) is 4.74 Å². The molecule has 4 rings (SSSR count). The fraction of sp³-hybridized carbons (Fsp3) is 0.783. The normalized spacial score (nSPS) is 26.3. The van der Waals surface area contributed by atoms with Crippen molar-refractivity contribution in [2.24, 2.45) is 11.3 Å². The molecule has 0 radical (unpaired) electrons. The minimum atomic E-state index is 0.289. The summed E-state index contributed by atoms with van der Waals surface area (Å²) in [6.07, 6.45) is 14.7. The third-order valence-corrected chi connectivity index (χ3v) is 7.16. The van der Waals surface area contributed by atoms with Gasteiger partial charge in [-0.3, -0.25) is 9.69 Å². The zero-order valence-corrected chi connectivity index (χ0v) is 17.9. The van der Waals surface area contributed by atoms with Crippen LogP contribution in [0.15, 0.2) is 12.4 Å². The highest BCUT2D eigenvalue weighted by molar-refractivity contribution is 5.76. The Bertz CT molecular complexity index is 674. The predicted octanol–water partition coefficient (Wildman–Crippen LogP) is 3.41. The fourth-order valence-electron chi connectivity index (χ4n) is 5.61. The van der Waals surface area contributed by atoms with Crippen molar-refractivity contribution in [2.75, 3.05) is 33.3 Å². The van der Waals surface area contributed by atoms with Gasteiger partial charge in [0.05, 0.1) is 0 Å². The Balaban J connectivity index is 1.29. The van der Waals surface area contributed by atoms with Crippen molar-refractivity contribution in [3.8, 4) is 0 Å². The van der Waals surface area contributed by atoms with Gasteiger partial charge in [0, 0.05) is 63.1 Å². The molecule has 1 aliphatic carbocycles. The van der Waals surface area contributed by atoms with Gasteiger partial charge >= 0.3 is 0 Å². The lowest BCUT2D eigenvalue weighted by molar-refractivity contribution is -0.135. The number of piperidine rings is 1. The van der Waals surface area contributed by atoms with Gasteiger partial charge in [0.15, 0.2) is 5.82 Å². The number of carbonyl (C=O) groups excluding carboxylic acids is 1. The molecular formula is C23H36N4O2. The van der Waals surface area contributed by atoms with Crippen LogP contribution in [0.4, 0.5) is 0 Å². The second-order valence-corrected chi connectivity index (χ2v) is 9.53. The number of hydrogen-bond acceptors (Lipinski definition) is 5. The topological polar surface area (TPSA) is 58.6 Å². The van der Waals surface area contributed by atoms with Crippen molar-refractivity contribution in [2.45, 2.75) is 70.9 Å². The molecule has 3 fully saturated rings. The molecule has 0 unspecified atom stereocenters. The Labute approximate surface area is 175 Å². The summed E-state index contributed by atoms with van der Waals surface area (Å²) in [4.78, 5) is 26.4. The molecule has 0 bridgehead atoms. The zero-order valence-electron chi connectivity index (χ0n) is 17.9. The standard InChI is InChI=1S/C23H36N4O2/c1-29-16-21-24-13-20(14-25-21)15-26-11-9-23(17-26)8-5-10-27(18-23)22(28)12-19-6-3-2-4-7-19/h13-14,19H,2-12,15-18H2,1H3/t23-/m0/s1. The highest BCUT2D eigenvalue weighted by atomic mass is 16.5. The fourth-order valence-corrected chi connectivity index (χ4v) is 5.61. The molecule has 0 aromatic carbocycles. The molecule has 0 N–H and O–H groups in total. The van der Waals surface area contributed by atoms with Crippen molar-refractivity contribution < 1.29 is 9.53 Å². The number of amides is 1. The SMILES string of the molecule is COCc1ncc(CN2CC[C@@]3(CCCN(C(=O)CC4CCCCC4)C3)C2)cn1. The van der Waals surface area contributed by atoms with Gasteiger partial charge in [-0.15, -0.1) is 0 Å². The minimum absolute atomic E-state index is 0.289. The Morgan fingerprint density at radius 1 is 1.10 bits per heavy atom. The highest BCUT2D eigenvalue weighted by Gasteiger charge is 2.42. The van der Waals surface area contributed by atoms with Gasteiger partial charge in [-0.05, 0) is 44.6 Å². The minimum Gasteiger partial charge on any atom is -0.377 e. The van der Waals surface area contributed by atoms with E-state index in [9.17, 15) is 4.79 Å². The van der Waals surface area contributed by atoms with E-state index in [1.54, 1.807) is 7.11 Å². The molecule has 6 nitrogen and oxygen atoms in total. The van der Waals surface area contributed by atoms with Crippen molar-refractivity contribution in [3.05, 3.63) is 23.8 Å². The molecule has 1 saturated carbocycles. The second-order valence-electron chi connectivity index (χ2n) is 9.53. The van der Waals surface area contributed by atoms with Crippen LogP contribution in [0.2, 0.25) is 0 Å². The maximum absolute atomic E-state index is 12.9. The molecule has 2 saturated heterocycles. The van der Waals surface area contributed by atoms with E-state index < -0.39 is 0 Å². The van der Waals surface area contributed by atoms with Crippen LogP contribution in [0.5, 0.6) is 0 Å². The summed E-state index contributed by atoms with van der Waals surface area (Å²) >= 11 is 0. The van der Waals surface area contributed by atoms with E-state index >= 15 is 0 Å². The lowest BCUT2D eigenvalue weighted by atomic mass is 9.78. The third-order valence-electron chi connectivity index (χ3n) is 7.16. The molecule has 6 heteroatoms. The van der Waals surface area contributed by atoms with Crippen LogP contribution in [0, 0.1) is 11.3 Å². The summed E-state index contributed by atoms with van der Waals surface area (Å²) in [6, 6.07) is 0. The van der Waals surface area contributed by atoms with Gasteiger partial charge < -0.3 is 9.64 Å². The zero-order chi connectivity index (χ0) is 20.1. The monoisotopic (exact) mass is 400 g/mol. The van der Waals surface area contributed by atoms with Crippen LogP contribution in [0.1, 0.15) is 69.2 Å². The van der Waals surface area contributed by atoms with Gasteiger partial charge in [0.25, 0.3) is 0 Å². The number of hydrogen-bond donors (Lipinski definition) is 0. The maximum atomic E-state index is 12.9. The average molecular weight is 401 g/mol. The summed E-state index contributed by atoms with van der Waals surface area (Å²) in [5, 5.41) is 0. The lowest BCUT2D eigenvalue weighted by Gasteiger charge is -2.41. The molecule has 160 valence electrons. The Kier molecular flexibility index (Phi) is 6.81. The number of methoxy groups -OCH3 is 1. The Morgan fingerprint density at radius 3 is 2.66 bits per heavy atom. The summed E-state index contributed by atoms with van der Waals surface area (Å²) in [7, 11) is 1.66. The maximum Gasteiger partial charge on any atom is 0.222 e.